The van der Waals surface area contributed by atoms with Crippen LogP contribution in [0.3, 0.4) is 0 Å². The molecule has 1 heterocycles. The first-order valence-electron chi connectivity index (χ1n) is 3.66. The molecule has 12 heavy (non-hydrogen) atoms. The van der Waals surface area contributed by atoms with Crippen molar-refractivity contribution in [2.75, 3.05) is 0 Å². The molecule has 0 unspecified atom stereocenters. The number of nitrogens with zero attached hydrogens (tertiary/aromatic N) is 2. The lowest BCUT2D eigenvalue weighted by Crippen LogP contribution is -2.19. The highest BCUT2D eigenvalue weighted by Crippen LogP contribution is 2.07. The zero-order valence-corrected chi connectivity index (χ0v) is 7.03. The molecule has 0 fully saturated rings. The van der Waals surface area contributed by atoms with E-state index in [1.807, 2.05) is 6.92 Å². The first-order valence-corrected chi connectivity index (χ1v) is 3.66. The van der Waals surface area contributed by atoms with Gasteiger partial charge in [0.25, 0.3) is 5.91 Å². The average Bonchev–Trinajstić information content (AvgIpc) is 2.45. The number of carbonyl (C=O) groups excluding carboxylic acids is 1. The van der Waals surface area contributed by atoms with E-state index in [0.717, 1.165) is 5.69 Å². The fourth-order valence-corrected chi connectivity index (χ4v) is 1.13. The van der Waals surface area contributed by atoms with Crippen molar-refractivity contribution in [2.45, 2.75) is 13.3 Å². The van der Waals surface area contributed by atoms with Crippen molar-refractivity contribution >= 4 is 5.91 Å². The van der Waals surface area contributed by atoms with Gasteiger partial charge in [-0.1, -0.05) is 6.92 Å². The van der Waals surface area contributed by atoms with Crippen molar-refractivity contribution < 1.29 is 10.0 Å². The van der Waals surface area contributed by atoms with Crippen molar-refractivity contribution in [1.82, 2.24) is 15.3 Å². The predicted molar refractivity (Wildman–Crippen MR) is 41.8 cm³/mol. The quantitative estimate of drug-likeness (QED) is 0.487. The van der Waals surface area contributed by atoms with E-state index in [1.54, 1.807) is 17.2 Å². The summed E-state index contributed by atoms with van der Waals surface area (Å²) in [7, 11) is 1.76. The molecular formula is C7H11N3O2. The molecule has 0 aliphatic heterocycles. The van der Waals surface area contributed by atoms with Crippen LogP contribution in [0.2, 0.25) is 0 Å². The third-order valence-corrected chi connectivity index (χ3v) is 1.74. The average molecular weight is 169 g/mol. The molecule has 1 aromatic heterocycles. The lowest BCUT2D eigenvalue weighted by molar-refractivity contribution is 0.0705. The van der Waals surface area contributed by atoms with Gasteiger partial charge in [-0.2, -0.15) is 5.10 Å². The van der Waals surface area contributed by atoms with E-state index in [2.05, 4.69) is 5.10 Å². The molecular weight excluding hydrogens is 158 g/mol. The molecule has 66 valence electrons. The first-order chi connectivity index (χ1) is 5.70. The van der Waals surface area contributed by atoms with Crippen LogP contribution in [0.15, 0.2) is 6.20 Å². The molecule has 0 radical (unpaired) electrons. The minimum atomic E-state index is -0.514. The van der Waals surface area contributed by atoms with Crippen molar-refractivity contribution in [2.24, 2.45) is 7.05 Å². The number of hydroxylamine groups is 1. The Morgan fingerprint density at radius 3 is 3.00 bits per heavy atom. The lowest BCUT2D eigenvalue weighted by atomic mass is 10.2. The highest BCUT2D eigenvalue weighted by molar-refractivity contribution is 5.94. The summed E-state index contributed by atoms with van der Waals surface area (Å²) in [6.07, 6.45) is 2.14. The maximum atomic E-state index is 11.0. The van der Waals surface area contributed by atoms with E-state index in [-0.39, 0.29) is 0 Å². The van der Waals surface area contributed by atoms with Crippen LogP contribution in [0.1, 0.15) is 23.0 Å². The molecule has 0 saturated heterocycles. The van der Waals surface area contributed by atoms with Gasteiger partial charge in [0, 0.05) is 7.05 Å². The third kappa shape index (κ3) is 1.31. The molecule has 0 spiro atoms. The van der Waals surface area contributed by atoms with E-state index in [4.69, 9.17) is 5.21 Å². The number of hydrogen-bond acceptors (Lipinski definition) is 3. The largest absolute Gasteiger partial charge is 0.288 e. The van der Waals surface area contributed by atoms with Crippen LogP contribution in [0, 0.1) is 0 Å². The highest BCUT2D eigenvalue weighted by Gasteiger charge is 2.12. The lowest BCUT2D eigenvalue weighted by Gasteiger charge is -2.00. The van der Waals surface area contributed by atoms with Crippen LogP contribution in [0.25, 0.3) is 0 Å². The molecule has 5 heteroatoms. The second-order valence-corrected chi connectivity index (χ2v) is 2.42. The van der Waals surface area contributed by atoms with Gasteiger partial charge in [0.05, 0.1) is 17.5 Å². The zero-order valence-electron chi connectivity index (χ0n) is 7.03. The van der Waals surface area contributed by atoms with Gasteiger partial charge in [0.1, 0.15) is 0 Å². The standard InChI is InChI=1S/C7H11N3O2/c1-3-6-5(7(11)9-12)4-8-10(6)2/h4,12H,3H2,1-2H3,(H,9,11). The Balaban J connectivity index is 3.07. The summed E-state index contributed by atoms with van der Waals surface area (Å²) >= 11 is 0. The third-order valence-electron chi connectivity index (χ3n) is 1.74. The van der Waals surface area contributed by atoms with Crippen LogP contribution in [-0.4, -0.2) is 20.9 Å². The van der Waals surface area contributed by atoms with E-state index >= 15 is 0 Å². The zero-order chi connectivity index (χ0) is 9.14. The van der Waals surface area contributed by atoms with Gasteiger partial charge in [0.2, 0.25) is 0 Å². The van der Waals surface area contributed by atoms with Crippen LogP contribution in [0.4, 0.5) is 0 Å². The molecule has 1 amide bonds. The summed E-state index contributed by atoms with van der Waals surface area (Å²) in [5.41, 5.74) is 2.80. The number of rotatable bonds is 2. The summed E-state index contributed by atoms with van der Waals surface area (Å²) in [5, 5.41) is 12.3. The number of carbonyl (C=O) groups is 1. The Kier molecular flexibility index (Phi) is 2.44. The van der Waals surface area contributed by atoms with E-state index < -0.39 is 5.91 Å². The number of aryl methyl sites for hydroxylation is 1. The molecule has 2 N–H and O–H groups in total. The Morgan fingerprint density at radius 1 is 1.83 bits per heavy atom. The maximum Gasteiger partial charge on any atom is 0.278 e. The summed E-state index contributed by atoms with van der Waals surface area (Å²) in [4.78, 5) is 11.0. The summed E-state index contributed by atoms with van der Waals surface area (Å²) in [6, 6.07) is 0. The van der Waals surface area contributed by atoms with Crippen molar-refractivity contribution in [3.8, 4) is 0 Å². The Morgan fingerprint density at radius 2 is 2.50 bits per heavy atom. The minimum Gasteiger partial charge on any atom is -0.288 e. The van der Waals surface area contributed by atoms with Crippen molar-refractivity contribution in [3.05, 3.63) is 17.5 Å². The molecule has 0 aromatic carbocycles. The van der Waals surface area contributed by atoms with E-state index in [0.29, 0.717) is 12.0 Å². The SMILES string of the molecule is CCc1c(C(=O)NO)cnn1C. The summed E-state index contributed by atoms with van der Waals surface area (Å²) in [6.45, 7) is 1.92. The Bertz CT molecular complexity index is 293. The van der Waals surface area contributed by atoms with Crippen LogP contribution in [0.5, 0.6) is 0 Å². The van der Waals surface area contributed by atoms with Gasteiger partial charge in [-0.3, -0.25) is 14.7 Å². The molecule has 0 aliphatic rings. The monoisotopic (exact) mass is 169 g/mol. The second-order valence-electron chi connectivity index (χ2n) is 2.42. The normalized spacial score (nSPS) is 9.92. The van der Waals surface area contributed by atoms with Gasteiger partial charge in [-0.25, -0.2) is 5.48 Å². The molecule has 0 bridgehead atoms. The number of aromatic nitrogens is 2. The summed E-state index contributed by atoms with van der Waals surface area (Å²) < 4.78 is 1.62. The van der Waals surface area contributed by atoms with Crippen molar-refractivity contribution in [1.29, 1.82) is 0 Å². The highest BCUT2D eigenvalue weighted by atomic mass is 16.5. The Hall–Kier alpha value is -1.36. The van der Waals surface area contributed by atoms with Gasteiger partial charge in [-0.15, -0.1) is 0 Å². The molecule has 0 atom stereocenters. The van der Waals surface area contributed by atoms with E-state index in [1.165, 1.54) is 6.20 Å². The molecule has 0 saturated carbocycles. The number of hydrogen-bond donors (Lipinski definition) is 2. The van der Waals surface area contributed by atoms with Gasteiger partial charge >= 0.3 is 0 Å². The molecule has 5 nitrogen and oxygen atoms in total. The van der Waals surface area contributed by atoms with Gasteiger partial charge in [-0.05, 0) is 6.42 Å². The number of nitrogens with one attached hydrogen (secondary N) is 1. The van der Waals surface area contributed by atoms with E-state index in [9.17, 15) is 4.79 Å². The van der Waals surface area contributed by atoms with Crippen LogP contribution < -0.4 is 5.48 Å². The first kappa shape index (κ1) is 8.73. The number of amides is 1. The summed E-state index contributed by atoms with van der Waals surface area (Å²) in [5.74, 6) is -0.514. The topological polar surface area (TPSA) is 67.2 Å². The molecule has 1 aromatic rings. The second kappa shape index (κ2) is 3.36. The Labute approximate surface area is 70.0 Å². The van der Waals surface area contributed by atoms with Gasteiger partial charge < -0.3 is 0 Å². The van der Waals surface area contributed by atoms with Gasteiger partial charge in [0.15, 0.2) is 0 Å². The van der Waals surface area contributed by atoms with Crippen molar-refractivity contribution in [3.63, 3.8) is 0 Å². The van der Waals surface area contributed by atoms with Crippen LogP contribution >= 0.6 is 0 Å². The fourth-order valence-electron chi connectivity index (χ4n) is 1.13. The maximum absolute atomic E-state index is 11.0. The molecule has 0 aliphatic carbocycles. The smallest absolute Gasteiger partial charge is 0.278 e. The minimum absolute atomic E-state index is 0.419. The molecule has 1 rings (SSSR count). The fraction of sp³-hybridized carbons (Fsp3) is 0.429. The predicted octanol–water partition coefficient (Wildman–Crippen LogP) is 0.101. The van der Waals surface area contributed by atoms with Crippen LogP contribution in [-0.2, 0) is 13.5 Å².